The van der Waals surface area contributed by atoms with Crippen molar-refractivity contribution in [3.05, 3.63) is 0 Å². The highest BCUT2D eigenvalue weighted by Gasteiger charge is 2.69. The van der Waals surface area contributed by atoms with Crippen LogP contribution in [0.5, 0.6) is 0 Å². The van der Waals surface area contributed by atoms with Crippen LogP contribution in [-0.4, -0.2) is 24.5 Å². The van der Waals surface area contributed by atoms with Gasteiger partial charge in [0, 0.05) is 11.8 Å². The van der Waals surface area contributed by atoms with Gasteiger partial charge in [-0.15, -0.1) is 0 Å². The molecule has 2 rings (SSSR count). The lowest BCUT2D eigenvalue weighted by Gasteiger charge is -2.40. The minimum absolute atomic E-state index is 0.0364. The molecule has 0 aromatic heterocycles. The zero-order valence-corrected chi connectivity index (χ0v) is 10.7. The number of Topliss-reactive ketones (excluding diaryl/α,β-unsaturated/α-hetero) is 1. The molecule has 5 heteroatoms. The van der Waals surface area contributed by atoms with E-state index in [-0.39, 0.29) is 11.2 Å². The van der Waals surface area contributed by atoms with Crippen LogP contribution >= 0.6 is 0 Å². The van der Waals surface area contributed by atoms with E-state index in [1.54, 1.807) is 0 Å². The zero-order chi connectivity index (χ0) is 12.4. The molecule has 4 nitrogen and oxygen atoms in total. The Labute approximate surface area is 96.2 Å². The molecule has 2 aliphatic carbocycles. The van der Waals surface area contributed by atoms with Crippen LogP contribution in [0.1, 0.15) is 40.0 Å². The van der Waals surface area contributed by atoms with E-state index in [9.17, 15) is 17.8 Å². The number of hydrogen-bond acceptors (Lipinski definition) is 4. The number of rotatable bonds is 2. The van der Waals surface area contributed by atoms with E-state index >= 15 is 0 Å². The van der Waals surface area contributed by atoms with Gasteiger partial charge in [-0.3, -0.25) is 4.79 Å². The highest BCUT2D eigenvalue weighted by Crippen LogP contribution is 2.70. The molecule has 2 bridgehead atoms. The second-order valence-electron chi connectivity index (χ2n) is 6.07. The van der Waals surface area contributed by atoms with Crippen molar-refractivity contribution >= 4 is 15.9 Å². The summed E-state index contributed by atoms with van der Waals surface area (Å²) >= 11 is 0. The predicted molar refractivity (Wildman–Crippen MR) is 57.7 cm³/mol. The fourth-order valence-electron chi connectivity index (χ4n) is 3.65. The minimum atomic E-state index is -4.35. The minimum Gasteiger partial charge on any atom is -0.748 e. The van der Waals surface area contributed by atoms with Crippen LogP contribution in [0.3, 0.4) is 0 Å². The first kappa shape index (κ1) is 12.0. The summed E-state index contributed by atoms with van der Waals surface area (Å²) in [4.78, 5) is 12.1. The quantitative estimate of drug-likeness (QED) is 0.688. The molecule has 2 unspecified atom stereocenters. The van der Waals surface area contributed by atoms with Crippen molar-refractivity contribution in [3.8, 4) is 0 Å². The van der Waals surface area contributed by atoms with Crippen molar-refractivity contribution in [1.82, 2.24) is 0 Å². The molecule has 0 radical (unpaired) electrons. The Bertz CT molecular complexity index is 451. The summed E-state index contributed by atoms with van der Waals surface area (Å²) in [6, 6.07) is 0. The Morgan fingerprint density at radius 3 is 2.12 bits per heavy atom. The van der Waals surface area contributed by atoms with Gasteiger partial charge >= 0.3 is 0 Å². The summed E-state index contributed by atoms with van der Waals surface area (Å²) in [5.41, 5.74) is -1.47. The van der Waals surface area contributed by atoms with Crippen LogP contribution in [0.15, 0.2) is 0 Å². The molecule has 0 saturated heterocycles. The molecule has 16 heavy (non-hydrogen) atoms. The number of carbonyl (C=O) groups excluding carboxylic acids is 1. The number of hydrogen-bond donors (Lipinski definition) is 0. The van der Waals surface area contributed by atoms with Crippen molar-refractivity contribution in [1.29, 1.82) is 0 Å². The Kier molecular flexibility index (Phi) is 2.17. The number of ketones is 1. The van der Waals surface area contributed by atoms with Gasteiger partial charge in [0.15, 0.2) is 0 Å². The molecule has 92 valence electrons. The fourth-order valence-corrected chi connectivity index (χ4v) is 4.92. The Morgan fingerprint density at radius 2 is 1.81 bits per heavy atom. The molecule has 2 saturated carbocycles. The van der Waals surface area contributed by atoms with E-state index < -0.39 is 26.7 Å². The largest absolute Gasteiger partial charge is 0.748 e. The maximum absolute atomic E-state index is 12.1. The van der Waals surface area contributed by atoms with Crippen molar-refractivity contribution in [2.24, 2.45) is 16.2 Å². The molecule has 0 heterocycles. The molecule has 0 aliphatic heterocycles. The van der Waals surface area contributed by atoms with E-state index in [1.165, 1.54) is 0 Å². The van der Waals surface area contributed by atoms with Crippen molar-refractivity contribution < 1.29 is 17.8 Å². The van der Waals surface area contributed by atoms with Gasteiger partial charge in [0.1, 0.15) is 5.78 Å². The molecule has 2 aliphatic rings. The lowest BCUT2D eigenvalue weighted by Crippen LogP contribution is -2.43. The molecule has 0 amide bonds. The maximum Gasteiger partial charge on any atom is 0.141 e. The van der Waals surface area contributed by atoms with Gasteiger partial charge in [0.05, 0.1) is 15.9 Å². The van der Waals surface area contributed by atoms with Crippen LogP contribution in [-0.2, 0) is 14.9 Å². The maximum atomic E-state index is 12.1. The van der Waals surface area contributed by atoms with Crippen LogP contribution in [0.25, 0.3) is 0 Å². The summed E-state index contributed by atoms with van der Waals surface area (Å²) in [7, 11) is -4.35. The molecule has 0 spiro atoms. The summed E-state index contributed by atoms with van der Waals surface area (Å²) in [6.07, 6.45) is 1.79. The second-order valence-corrected chi connectivity index (χ2v) is 7.47. The molecule has 0 N–H and O–H groups in total. The van der Waals surface area contributed by atoms with Crippen molar-refractivity contribution in [2.75, 3.05) is 5.75 Å². The van der Waals surface area contributed by atoms with Gasteiger partial charge in [-0.2, -0.15) is 0 Å². The van der Waals surface area contributed by atoms with Gasteiger partial charge in [-0.05, 0) is 23.7 Å². The normalized spacial score (nSPS) is 41.6. The average molecular weight is 245 g/mol. The van der Waals surface area contributed by atoms with Crippen molar-refractivity contribution in [3.63, 3.8) is 0 Å². The SMILES string of the molecule is CC12CCC(CS(=O)(=O)[O-])(C(=O)C1)C2(C)C. The molecular weight excluding hydrogens is 228 g/mol. The molecular formula is C11H17O4S-. The summed E-state index contributed by atoms with van der Waals surface area (Å²) in [6.45, 7) is 5.88. The number of carbonyl (C=O) groups is 1. The lowest BCUT2D eigenvalue weighted by atomic mass is 9.66. The fraction of sp³-hybridized carbons (Fsp3) is 0.909. The zero-order valence-electron chi connectivity index (χ0n) is 9.87. The van der Waals surface area contributed by atoms with Crippen LogP contribution in [0.4, 0.5) is 0 Å². The third-order valence-corrected chi connectivity index (χ3v) is 6.16. The van der Waals surface area contributed by atoms with E-state index in [2.05, 4.69) is 0 Å². The lowest BCUT2D eigenvalue weighted by molar-refractivity contribution is -0.128. The predicted octanol–water partition coefficient (Wildman–Crippen LogP) is 1.32. The van der Waals surface area contributed by atoms with E-state index in [4.69, 9.17) is 0 Å². The van der Waals surface area contributed by atoms with Gasteiger partial charge in [0.25, 0.3) is 0 Å². The Hall–Kier alpha value is -0.420. The third kappa shape index (κ3) is 1.24. The van der Waals surface area contributed by atoms with E-state index in [0.29, 0.717) is 12.8 Å². The molecule has 0 aromatic carbocycles. The molecule has 0 aromatic rings. The van der Waals surface area contributed by atoms with Gasteiger partial charge in [0.2, 0.25) is 0 Å². The third-order valence-electron chi connectivity index (χ3n) is 5.32. The van der Waals surface area contributed by atoms with Crippen molar-refractivity contribution in [2.45, 2.75) is 40.0 Å². The summed E-state index contributed by atoms with van der Waals surface area (Å²) in [5.74, 6) is -0.563. The Balaban J connectivity index is 2.52. The molecule has 2 atom stereocenters. The highest BCUT2D eigenvalue weighted by molar-refractivity contribution is 7.85. The Morgan fingerprint density at radius 1 is 1.25 bits per heavy atom. The van der Waals surface area contributed by atoms with Gasteiger partial charge in [-0.1, -0.05) is 20.8 Å². The first-order chi connectivity index (χ1) is 7.04. The first-order valence-corrected chi connectivity index (χ1v) is 7.09. The first-order valence-electron chi connectivity index (χ1n) is 5.51. The van der Waals surface area contributed by atoms with E-state index in [0.717, 1.165) is 6.42 Å². The standard InChI is InChI=1S/C11H18O4S/c1-9(2)10(3)4-5-11(9,8(12)6-10)7-16(13,14)15/h4-7H2,1-3H3,(H,13,14,15)/p-1. The van der Waals surface area contributed by atoms with E-state index in [1.807, 2.05) is 20.8 Å². The van der Waals surface area contributed by atoms with Crippen LogP contribution in [0.2, 0.25) is 0 Å². The summed E-state index contributed by atoms with van der Waals surface area (Å²) in [5, 5.41) is 0. The topological polar surface area (TPSA) is 74.3 Å². The average Bonchev–Trinajstić information content (AvgIpc) is 2.30. The molecule has 2 fully saturated rings. The summed E-state index contributed by atoms with van der Waals surface area (Å²) < 4.78 is 33.0. The second kappa shape index (κ2) is 2.88. The highest BCUT2D eigenvalue weighted by atomic mass is 32.2. The number of fused-ring (bicyclic) bond motifs is 2. The van der Waals surface area contributed by atoms with Gasteiger partial charge < -0.3 is 4.55 Å². The monoisotopic (exact) mass is 245 g/mol. The van der Waals surface area contributed by atoms with Gasteiger partial charge in [-0.25, -0.2) is 8.42 Å². The smallest absolute Gasteiger partial charge is 0.141 e. The van der Waals surface area contributed by atoms with Crippen LogP contribution in [0, 0.1) is 16.2 Å². The van der Waals surface area contributed by atoms with Crippen LogP contribution < -0.4 is 0 Å².